The number of nitrogens with zero attached hydrogens (tertiary/aromatic N) is 4. The van der Waals surface area contributed by atoms with Crippen molar-refractivity contribution in [3.8, 4) is 0 Å². The molecule has 198 valence electrons. The molecule has 1 atom stereocenters. The highest BCUT2D eigenvalue weighted by Gasteiger charge is 2.34. The maximum atomic E-state index is 11.5. The van der Waals surface area contributed by atoms with Crippen LogP contribution in [0.3, 0.4) is 0 Å². The van der Waals surface area contributed by atoms with E-state index in [0.29, 0.717) is 85.1 Å². The SMILES string of the molecule is CCC(C)NCCOCCOCCOCCOCCn1nnc(CN2CC(S(C)(=O)=O)C2)c1C. The van der Waals surface area contributed by atoms with Gasteiger partial charge in [0.15, 0.2) is 9.84 Å². The van der Waals surface area contributed by atoms with E-state index in [2.05, 4.69) is 34.4 Å². The third kappa shape index (κ3) is 11.1. The highest BCUT2D eigenvalue weighted by molar-refractivity contribution is 7.91. The van der Waals surface area contributed by atoms with Crippen LogP contribution in [0.4, 0.5) is 0 Å². The highest BCUT2D eigenvalue weighted by Crippen LogP contribution is 2.18. The van der Waals surface area contributed by atoms with Crippen LogP contribution in [0.1, 0.15) is 31.7 Å². The van der Waals surface area contributed by atoms with E-state index in [0.717, 1.165) is 24.4 Å². The standard InChI is InChI=1S/C22H43N5O6S/c1-5-19(2)23-6-8-30-10-12-32-14-15-33-13-11-31-9-7-27-20(3)22(24-25-27)18-26-16-21(17-26)34(4,28)29/h19,21,23H,5-18H2,1-4H3. The number of sulfone groups is 1. The fraction of sp³-hybridized carbons (Fsp3) is 0.909. The number of nitrogens with one attached hydrogen (secondary N) is 1. The average molecular weight is 506 g/mol. The summed E-state index contributed by atoms with van der Waals surface area (Å²) in [4.78, 5) is 2.07. The lowest BCUT2D eigenvalue weighted by atomic mass is 10.2. The maximum Gasteiger partial charge on any atom is 0.152 e. The minimum atomic E-state index is -2.96. The molecule has 2 heterocycles. The number of rotatable bonds is 20. The Kier molecular flexibility index (Phi) is 13.5. The monoisotopic (exact) mass is 505 g/mol. The second kappa shape index (κ2) is 15.8. The van der Waals surface area contributed by atoms with Crippen LogP contribution in [0.2, 0.25) is 0 Å². The summed E-state index contributed by atoms with van der Waals surface area (Å²) in [5, 5.41) is 11.5. The molecule has 11 nitrogen and oxygen atoms in total. The van der Waals surface area contributed by atoms with Gasteiger partial charge in [-0.25, -0.2) is 13.1 Å². The van der Waals surface area contributed by atoms with Crippen LogP contribution in [0.15, 0.2) is 0 Å². The van der Waals surface area contributed by atoms with Crippen LogP contribution in [0.25, 0.3) is 0 Å². The summed E-state index contributed by atoms with van der Waals surface area (Å²) >= 11 is 0. The van der Waals surface area contributed by atoms with Gasteiger partial charge in [0.05, 0.1) is 76.0 Å². The molecule has 1 aromatic heterocycles. The van der Waals surface area contributed by atoms with Gasteiger partial charge >= 0.3 is 0 Å². The first kappa shape index (κ1) is 29.1. The predicted octanol–water partition coefficient (Wildman–Crippen LogP) is 0.270. The quantitative estimate of drug-likeness (QED) is 0.248. The first-order valence-electron chi connectivity index (χ1n) is 12.2. The number of hydrogen-bond acceptors (Lipinski definition) is 10. The molecule has 1 saturated heterocycles. The number of ether oxygens (including phenoxy) is 4. The highest BCUT2D eigenvalue weighted by atomic mass is 32.2. The smallest absolute Gasteiger partial charge is 0.152 e. The Bertz CT molecular complexity index is 785. The predicted molar refractivity (Wildman–Crippen MR) is 130 cm³/mol. The molecule has 2 rings (SSSR count). The normalized spacial score (nSPS) is 16.1. The molecule has 1 aliphatic rings. The number of hydrogen-bond donors (Lipinski definition) is 1. The molecule has 1 fully saturated rings. The Morgan fingerprint density at radius 1 is 1.00 bits per heavy atom. The summed E-state index contributed by atoms with van der Waals surface area (Å²) in [5.41, 5.74) is 1.86. The summed E-state index contributed by atoms with van der Waals surface area (Å²) in [6, 6.07) is 0.529. The molecule has 34 heavy (non-hydrogen) atoms. The third-order valence-corrected chi connectivity index (χ3v) is 7.40. The molecule has 1 aliphatic heterocycles. The van der Waals surface area contributed by atoms with Gasteiger partial charge in [-0.1, -0.05) is 12.1 Å². The minimum absolute atomic E-state index is 0.258. The van der Waals surface area contributed by atoms with Crippen molar-refractivity contribution in [1.29, 1.82) is 0 Å². The number of likely N-dealkylation sites (tertiary alicyclic amines) is 1. The Labute approximate surface area is 204 Å². The third-order valence-electron chi connectivity index (χ3n) is 5.90. The van der Waals surface area contributed by atoms with E-state index in [1.165, 1.54) is 6.26 Å². The zero-order chi connectivity index (χ0) is 24.8. The van der Waals surface area contributed by atoms with Crippen molar-refractivity contribution in [2.45, 2.75) is 51.6 Å². The van der Waals surface area contributed by atoms with Gasteiger partial charge < -0.3 is 24.3 Å². The van der Waals surface area contributed by atoms with Crippen molar-refractivity contribution in [3.63, 3.8) is 0 Å². The van der Waals surface area contributed by atoms with Crippen LogP contribution in [0.5, 0.6) is 0 Å². The van der Waals surface area contributed by atoms with Gasteiger partial charge in [-0.2, -0.15) is 0 Å². The Balaban J connectivity index is 1.40. The fourth-order valence-electron chi connectivity index (χ4n) is 3.32. The molecule has 12 heteroatoms. The first-order chi connectivity index (χ1) is 16.3. The molecule has 0 bridgehead atoms. The second-order valence-electron chi connectivity index (χ2n) is 8.70. The molecule has 1 unspecified atom stereocenters. The van der Waals surface area contributed by atoms with Gasteiger partial charge in [-0.15, -0.1) is 5.10 Å². The van der Waals surface area contributed by atoms with Gasteiger partial charge in [-0.05, 0) is 20.3 Å². The van der Waals surface area contributed by atoms with Crippen molar-refractivity contribution in [2.75, 3.05) is 78.7 Å². The summed E-state index contributed by atoms with van der Waals surface area (Å²) in [6.07, 6.45) is 2.41. The van der Waals surface area contributed by atoms with Crippen molar-refractivity contribution in [1.82, 2.24) is 25.2 Å². The van der Waals surface area contributed by atoms with Gasteiger partial charge in [0.25, 0.3) is 0 Å². The van der Waals surface area contributed by atoms with Crippen molar-refractivity contribution in [2.24, 2.45) is 0 Å². The van der Waals surface area contributed by atoms with Gasteiger partial charge in [0.1, 0.15) is 0 Å². The average Bonchev–Trinajstić information content (AvgIpc) is 3.11. The van der Waals surface area contributed by atoms with Crippen LogP contribution in [-0.2, 0) is 41.9 Å². The lowest BCUT2D eigenvalue weighted by Gasteiger charge is -2.37. The molecule has 1 N–H and O–H groups in total. The van der Waals surface area contributed by atoms with Crippen LogP contribution in [-0.4, -0.2) is 118 Å². The molecule has 0 radical (unpaired) electrons. The largest absolute Gasteiger partial charge is 0.378 e. The molecule has 0 aliphatic carbocycles. The Morgan fingerprint density at radius 2 is 1.56 bits per heavy atom. The zero-order valence-electron chi connectivity index (χ0n) is 21.2. The van der Waals surface area contributed by atoms with Gasteiger partial charge in [0, 0.05) is 38.5 Å². The zero-order valence-corrected chi connectivity index (χ0v) is 22.0. The van der Waals surface area contributed by atoms with Crippen molar-refractivity contribution < 1.29 is 27.4 Å². The second-order valence-corrected chi connectivity index (χ2v) is 11.0. The topological polar surface area (TPSA) is 117 Å². The summed E-state index contributed by atoms with van der Waals surface area (Å²) in [7, 11) is -2.96. The molecule has 0 spiro atoms. The van der Waals surface area contributed by atoms with E-state index in [9.17, 15) is 8.42 Å². The van der Waals surface area contributed by atoms with Gasteiger partial charge in [-0.3, -0.25) is 4.90 Å². The van der Waals surface area contributed by atoms with Gasteiger partial charge in [0.2, 0.25) is 0 Å². The summed E-state index contributed by atoms with van der Waals surface area (Å²) < 4.78 is 47.0. The fourth-order valence-corrected chi connectivity index (χ4v) is 4.29. The van der Waals surface area contributed by atoms with E-state index in [4.69, 9.17) is 18.9 Å². The minimum Gasteiger partial charge on any atom is -0.378 e. The molecule has 0 saturated carbocycles. The number of aromatic nitrogens is 3. The Hall–Kier alpha value is -1.15. The van der Waals surface area contributed by atoms with E-state index < -0.39 is 9.84 Å². The molecular weight excluding hydrogens is 462 g/mol. The molecule has 0 amide bonds. The van der Waals surface area contributed by atoms with E-state index >= 15 is 0 Å². The van der Waals surface area contributed by atoms with E-state index in [1.807, 2.05) is 11.6 Å². The lowest BCUT2D eigenvalue weighted by Crippen LogP contribution is -2.53. The molecule has 1 aromatic rings. The van der Waals surface area contributed by atoms with Crippen LogP contribution in [0, 0.1) is 6.92 Å². The van der Waals surface area contributed by atoms with E-state index in [1.54, 1.807) is 0 Å². The van der Waals surface area contributed by atoms with Crippen LogP contribution >= 0.6 is 0 Å². The van der Waals surface area contributed by atoms with Crippen molar-refractivity contribution >= 4 is 9.84 Å². The molecular formula is C22H43N5O6S. The maximum absolute atomic E-state index is 11.5. The lowest BCUT2D eigenvalue weighted by molar-refractivity contribution is -0.00258. The van der Waals surface area contributed by atoms with Crippen molar-refractivity contribution in [3.05, 3.63) is 11.4 Å². The summed E-state index contributed by atoms with van der Waals surface area (Å²) in [6.45, 7) is 14.0. The van der Waals surface area contributed by atoms with Crippen LogP contribution < -0.4 is 5.32 Å². The first-order valence-corrected chi connectivity index (χ1v) is 14.1. The Morgan fingerprint density at radius 3 is 2.12 bits per heavy atom. The van der Waals surface area contributed by atoms with E-state index in [-0.39, 0.29) is 5.25 Å². The summed E-state index contributed by atoms with van der Waals surface area (Å²) in [5.74, 6) is 0. The molecule has 0 aromatic carbocycles.